The van der Waals surface area contributed by atoms with Crippen LogP contribution in [0.5, 0.6) is 0 Å². The topological polar surface area (TPSA) is 55.6 Å². The number of rotatable bonds is 10. The standard InChI is InChI=1S/C16H32N2O2/c1-2-3-4-5-6-7-8-16(19)18-12-9-15(10-13-18)20-14-11-17/h15H,2-14,17H2,1H3. The maximum atomic E-state index is 12.1. The van der Waals surface area contributed by atoms with Crippen molar-refractivity contribution in [3.8, 4) is 0 Å². The molecule has 4 nitrogen and oxygen atoms in total. The molecule has 2 N–H and O–H groups in total. The molecule has 20 heavy (non-hydrogen) atoms. The van der Waals surface area contributed by atoms with Crippen molar-refractivity contribution in [1.82, 2.24) is 4.90 Å². The quantitative estimate of drug-likeness (QED) is 0.628. The molecule has 0 saturated carbocycles. The monoisotopic (exact) mass is 284 g/mol. The van der Waals surface area contributed by atoms with Crippen LogP contribution in [-0.4, -0.2) is 43.2 Å². The highest BCUT2D eigenvalue weighted by Crippen LogP contribution is 2.15. The van der Waals surface area contributed by atoms with Crippen LogP contribution in [0.25, 0.3) is 0 Å². The minimum absolute atomic E-state index is 0.302. The SMILES string of the molecule is CCCCCCCCC(=O)N1CCC(OCCN)CC1. The molecule has 4 heteroatoms. The second-order valence-corrected chi connectivity index (χ2v) is 5.76. The van der Waals surface area contributed by atoms with Gasteiger partial charge in [0.05, 0.1) is 12.7 Å². The predicted molar refractivity (Wildman–Crippen MR) is 82.6 cm³/mol. The highest BCUT2D eigenvalue weighted by Gasteiger charge is 2.22. The second kappa shape index (κ2) is 11.1. The first-order valence-electron chi connectivity index (χ1n) is 8.37. The summed E-state index contributed by atoms with van der Waals surface area (Å²) >= 11 is 0. The number of hydrogen-bond acceptors (Lipinski definition) is 3. The van der Waals surface area contributed by atoms with Gasteiger partial charge in [-0.3, -0.25) is 4.79 Å². The van der Waals surface area contributed by atoms with Crippen LogP contribution < -0.4 is 5.73 Å². The van der Waals surface area contributed by atoms with Crippen molar-refractivity contribution >= 4 is 5.91 Å². The molecule has 1 aliphatic rings. The Hall–Kier alpha value is -0.610. The van der Waals surface area contributed by atoms with E-state index >= 15 is 0 Å². The van der Waals surface area contributed by atoms with Crippen molar-refractivity contribution in [2.75, 3.05) is 26.2 Å². The smallest absolute Gasteiger partial charge is 0.222 e. The van der Waals surface area contributed by atoms with E-state index < -0.39 is 0 Å². The number of unbranched alkanes of at least 4 members (excludes halogenated alkanes) is 5. The van der Waals surface area contributed by atoms with Gasteiger partial charge in [0.2, 0.25) is 5.91 Å². The molecule has 0 unspecified atom stereocenters. The van der Waals surface area contributed by atoms with Crippen molar-refractivity contribution in [3.05, 3.63) is 0 Å². The fourth-order valence-corrected chi connectivity index (χ4v) is 2.72. The van der Waals surface area contributed by atoms with Gasteiger partial charge in [0.25, 0.3) is 0 Å². The third-order valence-corrected chi connectivity index (χ3v) is 4.01. The Labute approximate surface area is 124 Å². The number of carbonyl (C=O) groups excluding carboxylic acids is 1. The minimum atomic E-state index is 0.302. The fourth-order valence-electron chi connectivity index (χ4n) is 2.72. The van der Waals surface area contributed by atoms with E-state index in [1.165, 1.54) is 32.1 Å². The molecule has 0 radical (unpaired) electrons. The summed E-state index contributed by atoms with van der Waals surface area (Å²) in [6, 6.07) is 0. The zero-order valence-electron chi connectivity index (χ0n) is 13.1. The van der Waals surface area contributed by atoms with Gasteiger partial charge in [0.15, 0.2) is 0 Å². The molecule has 1 amide bonds. The van der Waals surface area contributed by atoms with Gasteiger partial charge in [-0.05, 0) is 19.3 Å². The van der Waals surface area contributed by atoms with Crippen LogP contribution in [0.1, 0.15) is 64.7 Å². The second-order valence-electron chi connectivity index (χ2n) is 5.76. The summed E-state index contributed by atoms with van der Waals surface area (Å²) in [7, 11) is 0. The first kappa shape index (κ1) is 17.4. The van der Waals surface area contributed by atoms with Crippen molar-refractivity contribution < 1.29 is 9.53 Å². The number of ether oxygens (including phenoxy) is 1. The van der Waals surface area contributed by atoms with Crippen LogP contribution in [0.2, 0.25) is 0 Å². The van der Waals surface area contributed by atoms with Gasteiger partial charge in [0, 0.05) is 26.1 Å². The number of nitrogens with two attached hydrogens (primary N) is 1. The molecule has 0 spiro atoms. The van der Waals surface area contributed by atoms with E-state index in [9.17, 15) is 4.79 Å². The van der Waals surface area contributed by atoms with Crippen LogP contribution in [0.15, 0.2) is 0 Å². The van der Waals surface area contributed by atoms with E-state index in [0.29, 0.717) is 25.2 Å². The van der Waals surface area contributed by atoms with Crippen molar-refractivity contribution in [2.24, 2.45) is 5.73 Å². The number of hydrogen-bond donors (Lipinski definition) is 1. The maximum Gasteiger partial charge on any atom is 0.222 e. The molecule has 0 aromatic heterocycles. The Morgan fingerprint density at radius 3 is 2.45 bits per heavy atom. The Morgan fingerprint density at radius 2 is 1.80 bits per heavy atom. The first-order valence-corrected chi connectivity index (χ1v) is 8.37. The number of piperidine rings is 1. The van der Waals surface area contributed by atoms with Gasteiger partial charge in [-0.25, -0.2) is 0 Å². The van der Waals surface area contributed by atoms with Gasteiger partial charge in [-0.15, -0.1) is 0 Å². The van der Waals surface area contributed by atoms with Crippen LogP contribution in [0.4, 0.5) is 0 Å². The number of amides is 1. The van der Waals surface area contributed by atoms with E-state index in [-0.39, 0.29) is 0 Å². The normalized spacial score (nSPS) is 16.6. The minimum Gasteiger partial charge on any atom is -0.377 e. The molecule has 1 saturated heterocycles. The highest BCUT2D eigenvalue weighted by molar-refractivity contribution is 5.76. The number of carbonyl (C=O) groups is 1. The lowest BCUT2D eigenvalue weighted by Crippen LogP contribution is -2.41. The van der Waals surface area contributed by atoms with Gasteiger partial charge >= 0.3 is 0 Å². The summed E-state index contributed by atoms with van der Waals surface area (Å²) in [5, 5.41) is 0. The van der Waals surface area contributed by atoms with E-state index in [0.717, 1.165) is 38.8 Å². The van der Waals surface area contributed by atoms with Crippen molar-refractivity contribution in [1.29, 1.82) is 0 Å². The summed E-state index contributed by atoms with van der Waals surface area (Å²) in [5.74, 6) is 0.331. The molecule has 118 valence electrons. The van der Waals surface area contributed by atoms with Crippen molar-refractivity contribution in [2.45, 2.75) is 70.8 Å². The number of likely N-dealkylation sites (tertiary alicyclic amines) is 1. The van der Waals surface area contributed by atoms with Crippen LogP contribution >= 0.6 is 0 Å². The average Bonchev–Trinajstić information content (AvgIpc) is 2.49. The molecule has 0 aromatic rings. The summed E-state index contributed by atoms with van der Waals surface area (Å²) in [4.78, 5) is 14.1. The largest absolute Gasteiger partial charge is 0.377 e. The summed E-state index contributed by atoms with van der Waals surface area (Å²) in [6.45, 7) is 5.14. The third-order valence-electron chi connectivity index (χ3n) is 4.01. The molecule has 1 heterocycles. The molecule has 1 rings (SSSR count). The molecule has 0 aliphatic carbocycles. The van der Waals surface area contributed by atoms with Gasteiger partial charge in [0.1, 0.15) is 0 Å². The lowest BCUT2D eigenvalue weighted by molar-refractivity contribution is -0.133. The summed E-state index contributed by atoms with van der Waals surface area (Å²) < 4.78 is 5.63. The molecule has 1 aliphatic heterocycles. The Bertz CT molecular complexity index is 251. The van der Waals surface area contributed by atoms with E-state index in [1.54, 1.807) is 0 Å². The fraction of sp³-hybridized carbons (Fsp3) is 0.938. The zero-order valence-corrected chi connectivity index (χ0v) is 13.1. The zero-order chi connectivity index (χ0) is 14.6. The molecule has 0 bridgehead atoms. The molecule has 0 atom stereocenters. The maximum absolute atomic E-state index is 12.1. The predicted octanol–water partition coefficient (Wildman–Crippen LogP) is 2.70. The van der Waals surface area contributed by atoms with Crippen LogP contribution in [0.3, 0.4) is 0 Å². The molecular weight excluding hydrogens is 252 g/mol. The first-order chi connectivity index (χ1) is 9.77. The van der Waals surface area contributed by atoms with Crippen molar-refractivity contribution in [3.63, 3.8) is 0 Å². The van der Waals surface area contributed by atoms with Crippen LogP contribution in [0, 0.1) is 0 Å². The van der Waals surface area contributed by atoms with Crippen LogP contribution in [-0.2, 0) is 9.53 Å². The number of nitrogens with zero attached hydrogens (tertiary/aromatic N) is 1. The molecular formula is C16H32N2O2. The van der Waals surface area contributed by atoms with Gasteiger partial charge < -0.3 is 15.4 Å². The summed E-state index contributed by atoms with van der Waals surface area (Å²) in [6.07, 6.45) is 10.4. The van der Waals surface area contributed by atoms with E-state index in [2.05, 4.69) is 6.92 Å². The lowest BCUT2D eigenvalue weighted by Gasteiger charge is -2.32. The Morgan fingerprint density at radius 1 is 1.15 bits per heavy atom. The van der Waals surface area contributed by atoms with E-state index in [1.807, 2.05) is 4.90 Å². The highest BCUT2D eigenvalue weighted by atomic mass is 16.5. The van der Waals surface area contributed by atoms with E-state index in [4.69, 9.17) is 10.5 Å². The molecule has 1 fully saturated rings. The Kier molecular flexibility index (Phi) is 9.67. The summed E-state index contributed by atoms with van der Waals surface area (Å²) in [5.41, 5.74) is 5.43. The van der Waals surface area contributed by atoms with Gasteiger partial charge in [-0.1, -0.05) is 39.0 Å². The average molecular weight is 284 g/mol. The molecule has 0 aromatic carbocycles. The van der Waals surface area contributed by atoms with Gasteiger partial charge in [-0.2, -0.15) is 0 Å². The third kappa shape index (κ3) is 7.25. The lowest BCUT2D eigenvalue weighted by atomic mass is 10.1. The Balaban J connectivity index is 2.04.